The van der Waals surface area contributed by atoms with E-state index in [0.29, 0.717) is 29.2 Å². The number of benzene rings is 3. The zero-order valence-corrected chi connectivity index (χ0v) is 20.8. The van der Waals surface area contributed by atoms with Crippen LogP contribution in [0.2, 0.25) is 0 Å². The minimum atomic E-state index is -4.03. The van der Waals surface area contributed by atoms with Crippen LogP contribution in [-0.2, 0) is 30.9 Å². The maximum Gasteiger partial charge on any atom is 0.308 e. The Kier molecular flexibility index (Phi) is 5.89. The van der Waals surface area contributed by atoms with Crippen molar-refractivity contribution in [2.24, 2.45) is 0 Å². The lowest BCUT2D eigenvalue weighted by Gasteiger charge is -2.42. The number of carbonyl (C=O) groups excluding carboxylic acids is 1. The number of nitrogens with zero attached hydrogens (tertiary/aromatic N) is 1. The van der Waals surface area contributed by atoms with Crippen molar-refractivity contribution in [1.29, 1.82) is 0 Å². The van der Waals surface area contributed by atoms with Gasteiger partial charge >= 0.3 is 5.97 Å². The third-order valence-electron chi connectivity index (χ3n) is 6.42. The molecule has 0 bridgehead atoms. The molecular formula is C28H27NO5S. The fraction of sp³-hybridized carbons (Fsp3) is 0.250. The van der Waals surface area contributed by atoms with Gasteiger partial charge < -0.3 is 9.47 Å². The number of aryl methyl sites for hydroxylation is 2. The number of rotatable bonds is 5. The van der Waals surface area contributed by atoms with Crippen molar-refractivity contribution in [1.82, 2.24) is 0 Å². The Morgan fingerprint density at radius 1 is 1.00 bits per heavy atom. The molecule has 0 aliphatic carbocycles. The molecule has 0 aromatic heterocycles. The molecule has 0 spiro atoms. The average Bonchev–Trinajstić information content (AvgIpc) is 2.84. The van der Waals surface area contributed by atoms with Crippen LogP contribution in [0.25, 0.3) is 11.3 Å². The monoisotopic (exact) mass is 489 g/mol. The Labute approximate surface area is 205 Å². The number of sulfonamides is 1. The van der Waals surface area contributed by atoms with Gasteiger partial charge in [0.05, 0.1) is 29.7 Å². The molecule has 35 heavy (non-hydrogen) atoms. The zero-order valence-electron chi connectivity index (χ0n) is 19.9. The van der Waals surface area contributed by atoms with Crippen molar-refractivity contribution in [2.75, 3.05) is 10.9 Å². The van der Waals surface area contributed by atoms with Gasteiger partial charge in [-0.3, -0.25) is 9.10 Å². The Balaban J connectivity index is 1.79. The van der Waals surface area contributed by atoms with E-state index in [1.165, 1.54) is 4.31 Å². The summed E-state index contributed by atoms with van der Waals surface area (Å²) in [6.45, 7) is 6.19. The first-order valence-electron chi connectivity index (χ1n) is 11.6. The van der Waals surface area contributed by atoms with Gasteiger partial charge in [0, 0.05) is 11.1 Å². The van der Waals surface area contributed by atoms with E-state index in [1.54, 1.807) is 37.3 Å². The molecule has 0 saturated carbocycles. The van der Waals surface area contributed by atoms with Gasteiger partial charge in [0.15, 0.2) is 0 Å². The molecule has 1 atom stereocenters. The maximum atomic E-state index is 14.2. The molecule has 3 aromatic carbocycles. The number of esters is 1. The quantitative estimate of drug-likeness (QED) is 0.459. The van der Waals surface area contributed by atoms with Crippen LogP contribution in [0.4, 0.5) is 5.69 Å². The molecule has 0 fully saturated rings. The standard InChI is InChI=1S/C28H27NO5S/c1-4-33-26(30)16-25-27-22-8-6-5-7-20(22)17-34-28(27)23-15-19(3)11-14-24(23)29(25)35(31,32)21-12-9-18(2)10-13-21/h5-15,25H,4,16-17H2,1-3H3. The van der Waals surface area contributed by atoms with E-state index in [9.17, 15) is 13.2 Å². The fourth-order valence-electron chi connectivity index (χ4n) is 4.81. The van der Waals surface area contributed by atoms with Gasteiger partial charge in [-0.15, -0.1) is 0 Å². The van der Waals surface area contributed by atoms with E-state index in [0.717, 1.165) is 22.3 Å². The van der Waals surface area contributed by atoms with Crippen molar-refractivity contribution in [2.45, 2.75) is 44.7 Å². The summed E-state index contributed by atoms with van der Waals surface area (Å²) in [5.74, 6) is 0.152. The molecule has 6 nitrogen and oxygen atoms in total. The largest absolute Gasteiger partial charge is 0.488 e. The molecule has 5 rings (SSSR count). The van der Waals surface area contributed by atoms with E-state index < -0.39 is 22.0 Å². The molecule has 0 radical (unpaired) electrons. The smallest absolute Gasteiger partial charge is 0.308 e. The third-order valence-corrected chi connectivity index (χ3v) is 8.25. The summed E-state index contributed by atoms with van der Waals surface area (Å²) in [5.41, 5.74) is 5.65. The van der Waals surface area contributed by atoms with Crippen molar-refractivity contribution in [3.05, 3.63) is 94.5 Å². The van der Waals surface area contributed by atoms with Gasteiger partial charge in [-0.1, -0.05) is 53.6 Å². The van der Waals surface area contributed by atoms with Crippen LogP contribution in [0.15, 0.2) is 71.6 Å². The molecule has 0 N–H and O–H groups in total. The first-order chi connectivity index (χ1) is 16.8. The molecular weight excluding hydrogens is 462 g/mol. The van der Waals surface area contributed by atoms with Crippen LogP contribution >= 0.6 is 0 Å². The van der Waals surface area contributed by atoms with E-state index in [-0.39, 0.29) is 17.9 Å². The molecule has 1 unspecified atom stereocenters. The SMILES string of the molecule is CCOC(=O)CC1C2=C(OCc3ccccc32)c2cc(C)ccc2N1S(=O)(=O)c1ccc(C)cc1. The summed E-state index contributed by atoms with van der Waals surface area (Å²) in [5, 5.41) is 0. The Morgan fingerprint density at radius 2 is 1.71 bits per heavy atom. The summed E-state index contributed by atoms with van der Waals surface area (Å²) >= 11 is 0. The highest BCUT2D eigenvalue weighted by molar-refractivity contribution is 7.93. The Hall–Kier alpha value is -3.58. The number of hydrogen-bond donors (Lipinski definition) is 0. The Bertz CT molecular complexity index is 1440. The predicted octanol–water partition coefficient (Wildman–Crippen LogP) is 5.23. The van der Waals surface area contributed by atoms with Gasteiger partial charge in [-0.25, -0.2) is 8.42 Å². The minimum Gasteiger partial charge on any atom is -0.488 e. The van der Waals surface area contributed by atoms with Gasteiger partial charge in [0.25, 0.3) is 10.0 Å². The Morgan fingerprint density at radius 3 is 2.46 bits per heavy atom. The summed E-state index contributed by atoms with van der Waals surface area (Å²) in [6.07, 6.45) is -0.136. The molecule has 2 aliphatic rings. The van der Waals surface area contributed by atoms with E-state index in [2.05, 4.69) is 0 Å². The minimum absolute atomic E-state index is 0.136. The molecule has 180 valence electrons. The normalized spacial score (nSPS) is 16.7. The molecule has 3 aromatic rings. The first-order valence-corrected chi connectivity index (χ1v) is 13.1. The van der Waals surface area contributed by atoms with Crippen LogP contribution < -0.4 is 4.31 Å². The van der Waals surface area contributed by atoms with Gasteiger partial charge in [-0.2, -0.15) is 0 Å². The zero-order chi connectivity index (χ0) is 24.7. The van der Waals surface area contributed by atoms with Crippen molar-refractivity contribution in [3.8, 4) is 0 Å². The molecule has 2 aliphatic heterocycles. The highest BCUT2D eigenvalue weighted by Gasteiger charge is 2.44. The van der Waals surface area contributed by atoms with Crippen molar-refractivity contribution in [3.63, 3.8) is 0 Å². The van der Waals surface area contributed by atoms with Crippen molar-refractivity contribution < 1.29 is 22.7 Å². The highest BCUT2D eigenvalue weighted by Crippen LogP contribution is 2.49. The maximum absolute atomic E-state index is 14.2. The van der Waals surface area contributed by atoms with Gasteiger partial charge in [0.2, 0.25) is 0 Å². The third kappa shape index (κ3) is 4.00. The fourth-order valence-corrected chi connectivity index (χ4v) is 6.45. The lowest BCUT2D eigenvalue weighted by Crippen LogP contribution is -2.46. The van der Waals surface area contributed by atoms with Crippen LogP contribution in [0.1, 0.15) is 41.2 Å². The number of carbonyl (C=O) groups is 1. The number of ether oxygens (including phenoxy) is 2. The summed E-state index contributed by atoms with van der Waals surface area (Å²) in [4.78, 5) is 13.0. The predicted molar refractivity (Wildman–Crippen MR) is 135 cm³/mol. The van der Waals surface area contributed by atoms with Crippen LogP contribution in [-0.4, -0.2) is 27.0 Å². The molecule has 2 heterocycles. The van der Waals surface area contributed by atoms with Crippen LogP contribution in [0.3, 0.4) is 0 Å². The number of fused-ring (bicyclic) bond motifs is 4. The van der Waals surface area contributed by atoms with Gasteiger partial charge in [0.1, 0.15) is 12.4 Å². The molecule has 0 saturated heterocycles. The highest BCUT2D eigenvalue weighted by atomic mass is 32.2. The lowest BCUT2D eigenvalue weighted by molar-refractivity contribution is -0.143. The first kappa shape index (κ1) is 23.2. The van der Waals surface area contributed by atoms with Gasteiger partial charge in [-0.05, 0) is 56.2 Å². The second-order valence-corrected chi connectivity index (χ2v) is 10.7. The number of anilines is 1. The summed E-state index contributed by atoms with van der Waals surface area (Å²) in [6, 6.07) is 19.3. The lowest BCUT2D eigenvalue weighted by atomic mass is 9.85. The van der Waals surface area contributed by atoms with Crippen LogP contribution in [0, 0.1) is 13.8 Å². The van der Waals surface area contributed by atoms with Crippen LogP contribution in [0.5, 0.6) is 0 Å². The molecule has 0 amide bonds. The topological polar surface area (TPSA) is 72.9 Å². The van der Waals surface area contributed by atoms with E-state index >= 15 is 0 Å². The van der Waals surface area contributed by atoms with Crippen molar-refractivity contribution >= 4 is 33.0 Å². The molecule has 7 heteroatoms. The van der Waals surface area contributed by atoms with E-state index in [1.807, 2.05) is 50.2 Å². The second-order valence-electron chi connectivity index (χ2n) is 8.85. The van der Waals surface area contributed by atoms with E-state index in [4.69, 9.17) is 9.47 Å². The number of hydrogen-bond acceptors (Lipinski definition) is 5. The second kappa shape index (κ2) is 8.89. The summed E-state index contributed by atoms with van der Waals surface area (Å²) in [7, 11) is -4.03. The summed E-state index contributed by atoms with van der Waals surface area (Å²) < 4.78 is 41.3. The average molecular weight is 490 g/mol.